The number of hydrogen-bond donors (Lipinski definition) is 1. The van der Waals surface area contributed by atoms with Gasteiger partial charge in [0.2, 0.25) is 11.1 Å². The summed E-state index contributed by atoms with van der Waals surface area (Å²) in [6.07, 6.45) is 0. The van der Waals surface area contributed by atoms with E-state index in [0.717, 1.165) is 16.9 Å². The zero-order chi connectivity index (χ0) is 17.2. The van der Waals surface area contributed by atoms with Gasteiger partial charge in [-0.15, -0.1) is 10.2 Å². The number of carbonyl (C=O) groups excluding carboxylic acids is 1. The van der Waals surface area contributed by atoms with Gasteiger partial charge in [-0.05, 0) is 42.0 Å². The standard InChI is InChI=1S/C17H13ClN4O2S/c18-13-5-1-11(2-6-13)9-24-14-7-3-12(4-8-14)16-19-20-17-22(16)21-15(23)10-25-17/h1-8H,9-10H2,(H,21,23). The third-order valence-electron chi connectivity index (χ3n) is 3.63. The van der Waals surface area contributed by atoms with Crippen molar-refractivity contribution in [1.82, 2.24) is 14.9 Å². The van der Waals surface area contributed by atoms with Gasteiger partial charge in [-0.3, -0.25) is 10.2 Å². The van der Waals surface area contributed by atoms with Gasteiger partial charge in [0, 0.05) is 10.6 Å². The number of carbonyl (C=O) groups is 1. The Labute approximate surface area is 153 Å². The molecule has 3 aromatic rings. The highest BCUT2D eigenvalue weighted by Crippen LogP contribution is 2.26. The molecule has 0 unspecified atom stereocenters. The average Bonchev–Trinajstić information content (AvgIpc) is 3.05. The van der Waals surface area contributed by atoms with Gasteiger partial charge in [-0.1, -0.05) is 35.5 Å². The van der Waals surface area contributed by atoms with Crippen LogP contribution < -0.4 is 10.2 Å². The fourth-order valence-corrected chi connectivity index (χ4v) is 3.20. The Bertz CT molecular complexity index is 909. The highest BCUT2D eigenvalue weighted by Gasteiger charge is 2.21. The van der Waals surface area contributed by atoms with E-state index in [2.05, 4.69) is 15.6 Å². The van der Waals surface area contributed by atoms with E-state index in [9.17, 15) is 4.79 Å². The van der Waals surface area contributed by atoms with Gasteiger partial charge in [-0.2, -0.15) is 0 Å². The number of thioether (sulfide) groups is 1. The Morgan fingerprint density at radius 3 is 2.64 bits per heavy atom. The Hall–Kier alpha value is -2.51. The summed E-state index contributed by atoms with van der Waals surface area (Å²) in [6, 6.07) is 15.0. The smallest absolute Gasteiger partial charge is 0.249 e. The number of nitrogens with one attached hydrogen (secondary N) is 1. The maximum Gasteiger partial charge on any atom is 0.249 e. The van der Waals surface area contributed by atoms with Crippen LogP contribution in [0, 0.1) is 0 Å². The summed E-state index contributed by atoms with van der Waals surface area (Å²) < 4.78 is 7.39. The van der Waals surface area contributed by atoms with Gasteiger partial charge in [0.05, 0.1) is 5.75 Å². The fraction of sp³-hybridized carbons (Fsp3) is 0.118. The molecule has 0 radical (unpaired) electrons. The lowest BCUT2D eigenvalue weighted by molar-refractivity contribution is -0.114. The van der Waals surface area contributed by atoms with E-state index in [1.165, 1.54) is 11.8 Å². The van der Waals surface area contributed by atoms with Crippen LogP contribution in [0.3, 0.4) is 0 Å². The lowest BCUT2D eigenvalue weighted by Gasteiger charge is -2.15. The molecule has 6 nitrogen and oxygen atoms in total. The largest absolute Gasteiger partial charge is 0.489 e. The molecule has 0 spiro atoms. The van der Waals surface area contributed by atoms with Gasteiger partial charge < -0.3 is 4.74 Å². The molecule has 1 N–H and O–H groups in total. The number of fused-ring (bicyclic) bond motifs is 1. The molecular weight excluding hydrogens is 360 g/mol. The first-order valence-corrected chi connectivity index (χ1v) is 8.91. The molecule has 2 aromatic carbocycles. The van der Waals surface area contributed by atoms with Crippen molar-refractivity contribution in [2.24, 2.45) is 0 Å². The van der Waals surface area contributed by atoms with Crippen molar-refractivity contribution in [3.8, 4) is 17.1 Å². The molecule has 0 saturated carbocycles. The summed E-state index contributed by atoms with van der Waals surface area (Å²) in [5.74, 6) is 1.63. The van der Waals surface area contributed by atoms with Crippen molar-refractivity contribution in [1.29, 1.82) is 0 Å². The third-order valence-corrected chi connectivity index (χ3v) is 4.81. The quantitative estimate of drug-likeness (QED) is 0.760. The predicted molar refractivity (Wildman–Crippen MR) is 96.3 cm³/mol. The van der Waals surface area contributed by atoms with Crippen molar-refractivity contribution in [3.05, 3.63) is 59.1 Å². The molecule has 25 heavy (non-hydrogen) atoms. The first kappa shape index (κ1) is 16.0. The number of ether oxygens (including phenoxy) is 1. The molecule has 1 aliphatic rings. The molecule has 1 amide bonds. The summed E-state index contributed by atoms with van der Waals surface area (Å²) in [4.78, 5) is 11.6. The molecule has 0 aliphatic carbocycles. The van der Waals surface area contributed by atoms with Gasteiger partial charge in [0.15, 0.2) is 5.82 Å². The van der Waals surface area contributed by atoms with E-state index < -0.39 is 0 Å². The van der Waals surface area contributed by atoms with Crippen LogP contribution in [0.15, 0.2) is 53.7 Å². The number of rotatable bonds is 4. The number of amides is 1. The monoisotopic (exact) mass is 372 g/mol. The van der Waals surface area contributed by atoms with E-state index in [-0.39, 0.29) is 5.91 Å². The highest BCUT2D eigenvalue weighted by atomic mass is 35.5. The van der Waals surface area contributed by atoms with E-state index in [1.807, 2.05) is 48.5 Å². The maximum atomic E-state index is 11.6. The summed E-state index contributed by atoms with van der Waals surface area (Å²) in [5.41, 5.74) is 4.65. The minimum Gasteiger partial charge on any atom is -0.489 e. The molecule has 0 atom stereocenters. The Kier molecular flexibility index (Phi) is 4.33. The molecule has 0 fully saturated rings. The minimum absolute atomic E-state index is 0.0681. The van der Waals surface area contributed by atoms with Gasteiger partial charge in [0.1, 0.15) is 12.4 Å². The first-order chi connectivity index (χ1) is 12.2. The second-order valence-electron chi connectivity index (χ2n) is 5.40. The molecule has 2 heterocycles. The second-order valence-corrected chi connectivity index (χ2v) is 6.78. The van der Waals surface area contributed by atoms with Crippen LogP contribution in [0.2, 0.25) is 5.02 Å². The number of halogens is 1. The Morgan fingerprint density at radius 1 is 1.12 bits per heavy atom. The van der Waals surface area contributed by atoms with Crippen LogP contribution in [0.1, 0.15) is 5.56 Å². The molecule has 0 saturated heterocycles. The lowest BCUT2D eigenvalue weighted by atomic mass is 10.2. The van der Waals surface area contributed by atoms with Gasteiger partial charge >= 0.3 is 0 Å². The Balaban J connectivity index is 1.48. The van der Waals surface area contributed by atoms with Crippen molar-refractivity contribution in [2.45, 2.75) is 11.8 Å². The second kappa shape index (κ2) is 6.78. The van der Waals surface area contributed by atoms with Crippen molar-refractivity contribution in [2.75, 3.05) is 11.2 Å². The van der Waals surface area contributed by atoms with Crippen LogP contribution in [-0.2, 0) is 11.4 Å². The fourth-order valence-electron chi connectivity index (χ4n) is 2.39. The van der Waals surface area contributed by atoms with Crippen molar-refractivity contribution < 1.29 is 9.53 Å². The maximum absolute atomic E-state index is 11.6. The van der Waals surface area contributed by atoms with E-state index >= 15 is 0 Å². The van der Waals surface area contributed by atoms with Crippen LogP contribution >= 0.6 is 23.4 Å². The summed E-state index contributed by atoms with van der Waals surface area (Å²) in [7, 11) is 0. The van der Waals surface area contributed by atoms with E-state index in [1.54, 1.807) is 4.68 Å². The molecule has 126 valence electrons. The number of hydrogen-bond acceptors (Lipinski definition) is 5. The topological polar surface area (TPSA) is 69.0 Å². The minimum atomic E-state index is -0.0681. The summed E-state index contributed by atoms with van der Waals surface area (Å²) in [5, 5.41) is 9.63. The first-order valence-electron chi connectivity index (χ1n) is 7.55. The predicted octanol–water partition coefficient (Wildman–Crippen LogP) is 3.35. The summed E-state index contributed by atoms with van der Waals surface area (Å²) in [6.45, 7) is 0.462. The third kappa shape index (κ3) is 3.47. The number of nitrogens with zero attached hydrogens (tertiary/aromatic N) is 3. The van der Waals surface area contributed by atoms with Crippen LogP contribution in [0.4, 0.5) is 0 Å². The number of benzene rings is 2. The molecule has 1 aliphatic heterocycles. The van der Waals surface area contributed by atoms with Crippen molar-refractivity contribution >= 4 is 29.3 Å². The summed E-state index contributed by atoms with van der Waals surface area (Å²) >= 11 is 7.24. The molecule has 1 aromatic heterocycles. The average molecular weight is 373 g/mol. The molecule has 0 bridgehead atoms. The van der Waals surface area contributed by atoms with Gasteiger partial charge in [0.25, 0.3) is 0 Å². The van der Waals surface area contributed by atoms with Crippen LogP contribution in [0.5, 0.6) is 5.75 Å². The van der Waals surface area contributed by atoms with Gasteiger partial charge in [-0.25, -0.2) is 4.68 Å². The van der Waals surface area contributed by atoms with E-state index in [0.29, 0.717) is 28.4 Å². The lowest BCUT2D eigenvalue weighted by Crippen LogP contribution is -2.29. The highest BCUT2D eigenvalue weighted by molar-refractivity contribution is 7.99. The normalized spacial score (nSPS) is 13.2. The molecule has 8 heteroatoms. The molecule has 4 rings (SSSR count). The number of aromatic nitrogens is 3. The molecular formula is C17H13ClN4O2S. The zero-order valence-corrected chi connectivity index (χ0v) is 14.5. The van der Waals surface area contributed by atoms with E-state index in [4.69, 9.17) is 16.3 Å². The van der Waals surface area contributed by atoms with Crippen LogP contribution in [-0.4, -0.2) is 26.5 Å². The zero-order valence-electron chi connectivity index (χ0n) is 13.0. The SMILES string of the molecule is O=C1CSc2nnc(-c3ccc(OCc4ccc(Cl)cc4)cc3)n2N1. The Morgan fingerprint density at radius 2 is 1.88 bits per heavy atom. The van der Waals surface area contributed by atoms with Crippen molar-refractivity contribution in [3.63, 3.8) is 0 Å². The van der Waals surface area contributed by atoms with Crippen LogP contribution in [0.25, 0.3) is 11.4 Å².